The molecule has 4 amide bonds. The molecule has 1 saturated heterocycles. The molecule has 14 nitrogen and oxygen atoms in total. The Morgan fingerprint density at radius 1 is 0.944 bits per heavy atom. The molecule has 4 aliphatic rings. The lowest BCUT2D eigenvalue weighted by atomic mass is 9.96. The molecule has 0 bridgehead atoms. The van der Waals surface area contributed by atoms with E-state index in [2.05, 4.69) is 48.7 Å². The minimum atomic E-state index is -1.02. The van der Waals surface area contributed by atoms with Crippen molar-refractivity contribution >= 4 is 46.6 Å². The Balaban J connectivity index is 0.855. The van der Waals surface area contributed by atoms with Gasteiger partial charge in [-0.15, -0.1) is 10.2 Å². The van der Waals surface area contributed by atoms with Crippen LogP contribution in [-0.4, -0.2) is 84.6 Å². The summed E-state index contributed by atoms with van der Waals surface area (Å²) < 4.78 is 9.86. The SMILES string of the molecule is Cc1nnc2n1-c1ccc(-c3cnn(CCOCCNc4cccc5c4C(=O)N(C4CCC(=O)NC4=O)C5=O)c3)cc1C(c1ccc(Cl)cc1)=NC21CC1. The van der Waals surface area contributed by atoms with Gasteiger partial charge in [0.25, 0.3) is 11.8 Å². The van der Waals surface area contributed by atoms with Crippen LogP contribution in [0, 0.1) is 6.92 Å². The summed E-state index contributed by atoms with van der Waals surface area (Å²) in [6, 6.07) is 18.1. The van der Waals surface area contributed by atoms with E-state index in [0.29, 0.717) is 37.0 Å². The van der Waals surface area contributed by atoms with E-state index in [9.17, 15) is 19.2 Å². The lowest BCUT2D eigenvalue weighted by Crippen LogP contribution is -2.54. The van der Waals surface area contributed by atoms with E-state index in [4.69, 9.17) is 21.3 Å². The van der Waals surface area contributed by atoms with Crippen molar-refractivity contribution in [1.29, 1.82) is 0 Å². The fraction of sp³-hybridized carbons (Fsp3) is 0.282. The van der Waals surface area contributed by atoms with Gasteiger partial charge in [-0.3, -0.25) is 43.6 Å². The monoisotopic (exact) mass is 743 g/mol. The van der Waals surface area contributed by atoms with Crippen LogP contribution in [0.4, 0.5) is 5.69 Å². The van der Waals surface area contributed by atoms with Gasteiger partial charge < -0.3 is 10.1 Å². The summed E-state index contributed by atoms with van der Waals surface area (Å²) in [5, 5.41) is 19.7. The molecule has 1 spiro atoms. The molecule has 1 aliphatic carbocycles. The van der Waals surface area contributed by atoms with Crippen LogP contribution in [0.1, 0.15) is 69.2 Å². The van der Waals surface area contributed by atoms with Gasteiger partial charge in [0.05, 0.1) is 48.5 Å². The predicted octanol–water partition coefficient (Wildman–Crippen LogP) is 4.46. The minimum absolute atomic E-state index is 0.0629. The second-order valence-corrected chi connectivity index (χ2v) is 14.3. The fourth-order valence-electron chi connectivity index (χ4n) is 7.47. The number of aliphatic imine (C=N–C) groups is 1. The summed E-state index contributed by atoms with van der Waals surface area (Å²) in [6.45, 7) is 3.59. The number of aryl methyl sites for hydroxylation is 1. The van der Waals surface area contributed by atoms with Crippen molar-refractivity contribution in [1.82, 2.24) is 34.8 Å². The molecule has 9 rings (SSSR count). The summed E-state index contributed by atoms with van der Waals surface area (Å²) in [5.41, 5.74) is 6.28. The number of fused-ring (bicyclic) bond motifs is 5. The Morgan fingerprint density at radius 2 is 1.76 bits per heavy atom. The molecular weight excluding hydrogens is 710 g/mol. The van der Waals surface area contributed by atoms with Crippen LogP contribution in [0.5, 0.6) is 0 Å². The summed E-state index contributed by atoms with van der Waals surface area (Å²) in [4.78, 5) is 56.8. The maximum Gasteiger partial charge on any atom is 0.264 e. The highest BCUT2D eigenvalue weighted by atomic mass is 35.5. The number of piperidine rings is 1. The Kier molecular flexibility index (Phi) is 8.23. The number of hydrogen-bond acceptors (Lipinski definition) is 10. The van der Waals surface area contributed by atoms with Crippen molar-refractivity contribution in [2.45, 2.75) is 50.7 Å². The molecule has 3 aliphatic heterocycles. The standard InChI is InChI=1S/C39H34ClN9O5/c1-22-45-46-38-39(13-14-39)44-34(23-5-8-26(40)9-6-23)28-19-24(7-10-30(28)48(22)38)25-20-42-47(21-25)16-18-54-17-15-41-29-4-2-3-27-33(29)37(53)49(36(27)52)31-11-12-32(50)43-35(31)51/h2-10,19-21,31,41H,11-18H2,1H3,(H,43,50,51). The first-order valence-electron chi connectivity index (χ1n) is 17.8. The zero-order chi connectivity index (χ0) is 37.1. The van der Waals surface area contributed by atoms with Gasteiger partial charge in [-0.1, -0.05) is 35.9 Å². The first-order valence-corrected chi connectivity index (χ1v) is 18.2. The van der Waals surface area contributed by atoms with Gasteiger partial charge in [0, 0.05) is 46.6 Å². The Bertz CT molecular complexity index is 2410. The van der Waals surface area contributed by atoms with Crippen LogP contribution in [0.15, 0.2) is 78.0 Å². The van der Waals surface area contributed by atoms with Gasteiger partial charge in [-0.25, -0.2) is 0 Å². The zero-order valence-electron chi connectivity index (χ0n) is 29.2. The smallest absolute Gasteiger partial charge is 0.264 e. The first-order chi connectivity index (χ1) is 26.2. The van der Waals surface area contributed by atoms with E-state index in [0.717, 1.165) is 63.0 Å². The third-order valence-electron chi connectivity index (χ3n) is 10.4. The minimum Gasteiger partial charge on any atom is -0.382 e. The van der Waals surface area contributed by atoms with E-state index >= 15 is 0 Å². The Labute approximate surface area is 314 Å². The predicted molar refractivity (Wildman–Crippen MR) is 198 cm³/mol. The molecule has 54 heavy (non-hydrogen) atoms. The van der Waals surface area contributed by atoms with Crippen LogP contribution in [0.3, 0.4) is 0 Å². The first kappa shape index (κ1) is 33.8. The molecule has 15 heteroatoms. The Morgan fingerprint density at radius 3 is 2.56 bits per heavy atom. The van der Waals surface area contributed by atoms with Crippen molar-refractivity contribution in [3.05, 3.63) is 112 Å². The quantitative estimate of drug-likeness (QED) is 0.155. The van der Waals surface area contributed by atoms with Crippen LogP contribution >= 0.6 is 11.6 Å². The number of hydrogen-bond donors (Lipinski definition) is 2. The number of amides is 4. The van der Waals surface area contributed by atoms with Gasteiger partial charge in [0.2, 0.25) is 11.8 Å². The lowest BCUT2D eigenvalue weighted by Gasteiger charge is -2.27. The third-order valence-corrected chi connectivity index (χ3v) is 10.6. The summed E-state index contributed by atoms with van der Waals surface area (Å²) in [6.07, 6.45) is 5.81. The largest absolute Gasteiger partial charge is 0.382 e. The molecule has 272 valence electrons. The van der Waals surface area contributed by atoms with Gasteiger partial charge in [0.15, 0.2) is 5.82 Å². The topological polar surface area (TPSA) is 166 Å². The number of halogens is 1. The summed E-state index contributed by atoms with van der Waals surface area (Å²) in [7, 11) is 0. The van der Waals surface area contributed by atoms with Gasteiger partial charge in [0.1, 0.15) is 17.4 Å². The molecule has 0 radical (unpaired) electrons. The van der Waals surface area contributed by atoms with Crippen molar-refractivity contribution < 1.29 is 23.9 Å². The summed E-state index contributed by atoms with van der Waals surface area (Å²) >= 11 is 6.26. The molecule has 1 unspecified atom stereocenters. The molecule has 2 aromatic heterocycles. The average molecular weight is 744 g/mol. The molecule has 5 heterocycles. The summed E-state index contributed by atoms with van der Waals surface area (Å²) in [5.74, 6) is -0.479. The maximum absolute atomic E-state index is 13.4. The fourth-order valence-corrected chi connectivity index (χ4v) is 7.60. The molecule has 2 N–H and O–H groups in total. The molecular formula is C39H34ClN9O5. The third kappa shape index (κ3) is 5.78. The van der Waals surface area contributed by atoms with Crippen LogP contribution in [0.2, 0.25) is 5.02 Å². The molecule has 3 aromatic carbocycles. The van der Waals surface area contributed by atoms with Crippen LogP contribution in [-0.2, 0) is 26.4 Å². The van der Waals surface area contributed by atoms with E-state index in [1.807, 2.05) is 48.3 Å². The lowest BCUT2D eigenvalue weighted by molar-refractivity contribution is -0.136. The van der Waals surface area contributed by atoms with Crippen molar-refractivity contribution in [3.63, 3.8) is 0 Å². The molecule has 1 atom stereocenters. The zero-order valence-corrected chi connectivity index (χ0v) is 30.0. The highest BCUT2D eigenvalue weighted by molar-refractivity contribution is 6.30. The molecule has 2 fully saturated rings. The van der Waals surface area contributed by atoms with E-state index < -0.39 is 35.2 Å². The van der Waals surface area contributed by atoms with E-state index in [-0.39, 0.29) is 24.0 Å². The number of rotatable bonds is 10. The van der Waals surface area contributed by atoms with Crippen molar-refractivity contribution in [3.8, 4) is 16.8 Å². The molecule has 1 saturated carbocycles. The highest BCUT2D eigenvalue weighted by Gasteiger charge is 2.51. The number of benzene rings is 3. The van der Waals surface area contributed by atoms with E-state index in [1.165, 1.54) is 0 Å². The van der Waals surface area contributed by atoms with Gasteiger partial charge in [-0.2, -0.15) is 5.10 Å². The second kappa shape index (κ2) is 13.1. The number of nitrogens with zero attached hydrogens (tertiary/aromatic N) is 7. The Hall–Kier alpha value is -5.99. The second-order valence-electron chi connectivity index (χ2n) is 13.8. The van der Waals surface area contributed by atoms with Gasteiger partial charge in [-0.05, 0) is 68.1 Å². The number of ether oxygens (including phenoxy) is 1. The number of carbonyl (C=O) groups is 4. The highest BCUT2D eigenvalue weighted by Crippen LogP contribution is 2.52. The normalized spacial score (nSPS) is 18.2. The van der Waals surface area contributed by atoms with Crippen molar-refractivity contribution in [2.75, 3.05) is 25.1 Å². The average Bonchev–Trinajstić information content (AvgIpc) is 3.51. The molecule has 5 aromatic rings. The number of carbonyl (C=O) groups excluding carboxylic acids is 4. The van der Waals surface area contributed by atoms with Crippen LogP contribution < -0.4 is 10.6 Å². The van der Waals surface area contributed by atoms with E-state index in [1.54, 1.807) is 18.2 Å². The number of imide groups is 2. The van der Waals surface area contributed by atoms with Crippen LogP contribution in [0.25, 0.3) is 16.8 Å². The number of aromatic nitrogens is 5. The van der Waals surface area contributed by atoms with Gasteiger partial charge >= 0.3 is 0 Å². The number of nitrogens with one attached hydrogen (secondary N) is 2. The number of anilines is 1. The van der Waals surface area contributed by atoms with Crippen molar-refractivity contribution in [2.24, 2.45) is 4.99 Å². The maximum atomic E-state index is 13.4.